The van der Waals surface area contributed by atoms with E-state index in [0.29, 0.717) is 38.1 Å². The molecule has 4 saturated heterocycles. The lowest BCUT2D eigenvalue weighted by Gasteiger charge is -2.35. The highest BCUT2D eigenvalue weighted by Gasteiger charge is 2.47. The van der Waals surface area contributed by atoms with Gasteiger partial charge in [0, 0.05) is 32.4 Å². The van der Waals surface area contributed by atoms with E-state index in [1.807, 2.05) is 44.2 Å². The van der Waals surface area contributed by atoms with E-state index in [1.165, 1.54) is 9.80 Å². The van der Waals surface area contributed by atoms with Crippen LogP contribution >= 0.6 is 0 Å². The van der Waals surface area contributed by atoms with E-state index in [-0.39, 0.29) is 30.2 Å². The van der Waals surface area contributed by atoms with E-state index in [1.54, 1.807) is 0 Å². The lowest BCUT2D eigenvalue weighted by Crippen LogP contribution is -2.61. The Morgan fingerprint density at radius 1 is 0.829 bits per heavy atom. The number of piperazine rings is 2. The first kappa shape index (κ1) is 25.1. The number of amides is 4. The van der Waals surface area contributed by atoms with Gasteiger partial charge in [0.2, 0.25) is 23.6 Å². The van der Waals surface area contributed by atoms with Crippen molar-refractivity contribution in [2.75, 3.05) is 13.1 Å². The Kier molecular flexibility index (Phi) is 7.42. The van der Waals surface area contributed by atoms with E-state index >= 15 is 0 Å². The molecule has 0 radical (unpaired) electrons. The minimum absolute atomic E-state index is 0.0464. The first-order chi connectivity index (χ1) is 16.6. The number of nitrogens with one attached hydrogen (secondary N) is 2. The van der Waals surface area contributed by atoms with Gasteiger partial charge in [-0.3, -0.25) is 19.2 Å². The summed E-state index contributed by atoms with van der Waals surface area (Å²) in [7, 11) is 0. The molecule has 4 aliphatic rings. The number of nitrogens with zero attached hydrogens (tertiary/aromatic N) is 2. The zero-order valence-electron chi connectivity index (χ0n) is 20.1. The number of rotatable bonds is 4. The SMILES string of the molecule is CC(C)C[C@@H]1NC(=O)[C@@H]2C[C@@H](O)CN2C1=O.O=C1N[C@@H](Cc2ccccc2)C(=O)N2C[C@H](O)C[C@@H]12. The van der Waals surface area contributed by atoms with Gasteiger partial charge in [-0.25, -0.2) is 0 Å². The summed E-state index contributed by atoms with van der Waals surface area (Å²) in [6.07, 6.45) is 0.712. The molecule has 0 unspecified atom stereocenters. The molecule has 0 saturated carbocycles. The zero-order valence-corrected chi connectivity index (χ0v) is 20.1. The number of hydrogen-bond donors (Lipinski definition) is 4. The lowest BCUT2D eigenvalue weighted by atomic mass is 9.99. The van der Waals surface area contributed by atoms with Gasteiger partial charge >= 0.3 is 0 Å². The molecule has 4 N–H and O–H groups in total. The van der Waals surface area contributed by atoms with Crippen molar-refractivity contribution in [1.82, 2.24) is 20.4 Å². The van der Waals surface area contributed by atoms with Crippen LogP contribution in [0.3, 0.4) is 0 Å². The lowest BCUT2D eigenvalue weighted by molar-refractivity contribution is -0.147. The van der Waals surface area contributed by atoms with Crippen molar-refractivity contribution >= 4 is 23.6 Å². The third kappa shape index (κ3) is 5.48. The summed E-state index contributed by atoms with van der Waals surface area (Å²) in [5, 5.41) is 24.6. The summed E-state index contributed by atoms with van der Waals surface area (Å²) in [6, 6.07) is 7.73. The van der Waals surface area contributed by atoms with E-state index in [4.69, 9.17) is 0 Å². The number of benzene rings is 1. The van der Waals surface area contributed by atoms with Crippen LogP contribution in [0.1, 0.15) is 38.7 Å². The van der Waals surface area contributed by atoms with Crippen molar-refractivity contribution in [2.24, 2.45) is 5.92 Å². The standard InChI is InChI=1S/C14H16N2O3.C11H18N2O3/c17-10-7-12-13(18)15-11(14(19)16(12)8-10)6-9-4-2-1-3-5-9;1-6(2)3-8-11(16)13-5-7(14)4-9(13)10(15)12-8/h1-5,10-12,17H,6-8H2,(H,15,18);6-9,14H,3-5H2,1-2H3,(H,12,15)/t10-,11+,12+;7-,8+,9+/m11/s1. The summed E-state index contributed by atoms with van der Waals surface area (Å²) >= 11 is 0. The second-order valence-electron chi connectivity index (χ2n) is 10.2. The predicted octanol–water partition coefficient (Wildman–Crippen LogP) is -0.818. The Hall–Kier alpha value is -2.98. The van der Waals surface area contributed by atoms with Gasteiger partial charge in [-0.1, -0.05) is 44.2 Å². The summed E-state index contributed by atoms with van der Waals surface area (Å²) < 4.78 is 0. The number of aliphatic hydroxyl groups is 2. The molecule has 4 amide bonds. The van der Waals surface area contributed by atoms with Crippen molar-refractivity contribution in [3.8, 4) is 0 Å². The van der Waals surface area contributed by atoms with Gasteiger partial charge in [-0.2, -0.15) is 0 Å². The van der Waals surface area contributed by atoms with E-state index in [9.17, 15) is 29.4 Å². The molecule has 1 aromatic carbocycles. The number of fused-ring (bicyclic) bond motifs is 2. The number of carbonyl (C=O) groups is 4. The molecule has 0 bridgehead atoms. The monoisotopic (exact) mass is 486 g/mol. The van der Waals surface area contributed by atoms with Crippen molar-refractivity contribution in [3.05, 3.63) is 35.9 Å². The Morgan fingerprint density at radius 3 is 1.83 bits per heavy atom. The quantitative estimate of drug-likeness (QED) is 0.439. The smallest absolute Gasteiger partial charge is 0.246 e. The third-order valence-corrected chi connectivity index (χ3v) is 6.95. The van der Waals surface area contributed by atoms with Crippen molar-refractivity contribution in [2.45, 2.75) is 75.9 Å². The molecule has 35 heavy (non-hydrogen) atoms. The van der Waals surface area contributed by atoms with Crippen LogP contribution < -0.4 is 10.6 Å². The molecule has 4 fully saturated rings. The maximum atomic E-state index is 12.3. The van der Waals surface area contributed by atoms with E-state index < -0.39 is 36.4 Å². The third-order valence-electron chi connectivity index (χ3n) is 6.95. The van der Waals surface area contributed by atoms with Gasteiger partial charge in [-0.15, -0.1) is 0 Å². The van der Waals surface area contributed by atoms with E-state index in [0.717, 1.165) is 5.56 Å². The molecule has 190 valence electrons. The molecule has 10 nitrogen and oxygen atoms in total. The maximum absolute atomic E-state index is 12.3. The Bertz CT molecular complexity index is 970. The molecule has 0 aliphatic carbocycles. The number of hydrogen-bond acceptors (Lipinski definition) is 6. The van der Waals surface area contributed by atoms with E-state index in [2.05, 4.69) is 10.6 Å². The van der Waals surface area contributed by atoms with Crippen LogP contribution in [0, 0.1) is 5.92 Å². The average molecular weight is 487 g/mol. The second kappa shape index (κ2) is 10.3. The molecule has 4 heterocycles. The normalized spacial score (nSPS) is 32.0. The minimum Gasteiger partial charge on any atom is -0.391 e. The summed E-state index contributed by atoms with van der Waals surface area (Å²) in [5.74, 6) is -0.0583. The topological polar surface area (TPSA) is 139 Å². The van der Waals surface area contributed by atoms with Gasteiger partial charge in [0.1, 0.15) is 24.2 Å². The summed E-state index contributed by atoms with van der Waals surface area (Å²) in [5.41, 5.74) is 1.01. The largest absolute Gasteiger partial charge is 0.391 e. The van der Waals surface area contributed by atoms with Crippen LogP contribution in [0.15, 0.2) is 30.3 Å². The molecule has 1 aromatic rings. The fourth-order valence-electron chi connectivity index (χ4n) is 5.29. The van der Waals surface area contributed by atoms with Crippen molar-refractivity contribution < 1.29 is 29.4 Å². The van der Waals surface area contributed by atoms with Gasteiger partial charge < -0.3 is 30.6 Å². The second-order valence-corrected chi connectivity index (χ2v) is 10.2. The summed E-state index contributed by atoms with van der Waals surface area (Å²) in [4.78, 5) is 51.1. The summed E-state index contributed by atoms with van der Waals surface area (Å²) in [6.45, 7) is 4.60. The van der Waals surface area contributed by atoms with Gasteiger partial charge in [-0.05, 0) is 17.9 Å². The molecule has 4 aliphatic heterocycles. The molecular formula is C25H34N4O6. The fraction of sp³-hybridized carbons (Fsp3) is 0.600. The van der Waals surface area contributed by atoms with Crippen molar-refractivity contribution in [3.63, 3.8) is 0 Å². The van der Waals surface area contributed by atoms with Crippen LogP contribution in [-0.4, -0.2) is 93.1 Å². The van der Waals surface area contributed by atoms with Crippen LogP contribution in [0.2, 0.25) is 0 Å². The molecule has 0 aromatic heterocycles. The van der Waals surface area contributed by atoms with Gasteiger partial charge in [0.15, 0.2) is 0 Å². The van der Waals surface area contributed by atoms with Gasteiger partial charge in [0.05, 0.1) is 12.2 Å². The number of carbonyl (C=O) groups excluding carboxylic acids is 4. The highest BCUT2D eigenvalue weighted by Crippen LogP contribution is 2.25. The Morgan fingerprint density at radius 2 is 1.31 bits per heavy atom. The number of aliphatic hydroxyl groups excluding tert-OH is 2. The fourth-order valence-corrected chi connectivity index (χ4v) is 5.29. The van der Waals surface area contributed by atoms with Crippen LogP contribution in [-0.2, 0) is 25.6 Å². The Balaban J connectivity index is 0.000000168. The highest BCUT2D eigenvalue weighted by molar-refractivity contribution is 5.98. The maximum Gasteiger partial charge on any atom is 0.246 e. The zero-order chi connectivity index (χ0) is 25.3. The van der Waals surface area contributed by atoms with Crippen molar-refractivity contribution in [1.29, 1.82) is 0 Å². The molecule has 10 heteroatoms. The first-order valence-electron chi connectivity index (χ1n) is 12.3. The first-order valence-corrected chi connectivity index (χ1v) is 12.3. The van der Waals surface area contributed by atoms with Crippen LogP contribution in [0.4, 0.5) is 0 Å². The predicted molar refractivity (Wildman–Crippen MR) is 126 cm³/mol. The van der Waals surface area contributed by atoms with Crippen LogP contribution in [0.5, 0.6) is 0 Å². The molecule has 0 spiro atoms. The molecule has 5 rings (SSSR count). The van der Waals surface area contributed by atoms with Gasteiger partial charge in [0.25, 0.3) is 0 Å². The average Bonchev–Trinajstić information content (AvgIpc) is 3.40. The molecule has 6 atom stereocenters. The van der Waals surface area contributed by atoms with Crippen LogP contribution in [0.25, 0.3) is 0 Å². The Labute approximate surface area is 204 Å². The minimum atomic E-state index is -0.588. The highest BCUT2D eigenvalue weighted by atomic mass is 16.3. The molecular weight excluding hydrogens is 452 g/mol.